The predicted octanol–water partition coefficient (Wildman–Crippen LogP) is 0.406. The Bertz CT molecular complexity index is 946. The highest BCUT2D eigenvalue weighted by molar-refractivity contribution is 5.81. The Morgan fingerprint density at radius 1 is 1.25 bits per heavy atom. The van der Waals surface area contributed by atoms with Crippen molar-refractivity contribution in [2.45, 2.75) is 13.0 Å². The molecule has 0 saturated carbocycles. The van der Waals surface area contributed by atoms with Crippen LogP contribution in [0.2, 0.25) is 0 Å². The standard InChI is InChI=1S/C16H19N5O3/c1-18-5-7-19(8-6-18)15(22)2-4-21-16(23)13-10-14-12(3-9-24-14)20(13)11-17-21/h3,9-11H,2,4-8H2,1H3. The Hall–Kier alpha value is -2.61. The molecule has 0 N–H and O–H groups in total. The normalized spacial score (nSPS) is 16.3. The molecule has 4 heterocycles. The van der Waals surface area contributed by atoms with E-state index < -0.39 is 0 Å². The third kappa shape index (κ3) is 2.48. The van der Waals surface area contributed by atoms with Gasteiger partial charge in [-0.05, 0) is 7.05 Å². The lowest BCUT2D eigenvalue weighted by Gasteiger charge is -2.32. The number of carbonyl (C=O) groups excluding carboxylic acids is 1. The number of piperazine rings is 1. The number of nitrogens with zero attached hydrogens (tertiary/aromatic N) is 5. The Labute approximate surface area is 137 Å². The van der Waals surface area contributed by atoms with Crippen molar-refractivity contribution in [2.24, 2.45) is 0 Å². The smallest absolute Gasteiger partial charge is 0.291 e. The highest BCUT2D eigenvalue weighted by Gasteiger charge is 2.19. The fourth-order valence-corrected chi connectivity index (χ4v) is 3.11. The van der Waals surface area contributed by atoms with Crippen LogP contribution in [0.4, 0.5) is 0 Å². The summed E-state index contributed by atoms with van der Waals surface area (Å²) in [7, 11) is 2.05. The second-order valence-electron chi connectivity index (χ2n) is 6.16. The van der Waals surface area contributed by atoms with Crippen LogP contribution in [-0.4, -0.2) is 63.1 Å². The van der Waals surface area contributed by atoms with Gasteiger partial charge in [0, 0.05) is 44.7 Å². The van der Waals surface area contributed by atoms with E-state index in [1.807, 2.05) is 11.9 Å². The number of furan rings is 1. The van der Waals surface area contributed by atoms with Crippen molar-refractivity contribution in [3.63, 3.8) is 0 Å². The Morgan fingerprint density at radius 3 is 2.83 bits per heavy atom. The van der Waals surface area contributed by atoms with E-state index in [0.29, 0.717) is 11.1 Å². The zero-order valence-electron chi connectivity index (χ0n) is 13.5. The summed E-state index contributed by atoms with van der Waals surface area (Å²) in [6.45, 7) is 3.54. The number of rotatable bonds is 3. The zero-order chi connectivity index (χ0) is 16.7. The van der Waals surface area contributed by atoms with E-state index in [1.165, 1.54) is 4.68 Å². The number of fused-ring (bicyclic) bond motifs is 3. The number of amides is 1. The summed E-state index contributed by atoms with van der Waals surface area (Å²) in [6, 6.07) is 3.50. The first-order valence-electron chi connectivity index (χ1n) is 8.04. The van der Waals surface area contributed by atoms with Crippen LogP contribution >= 0.6 is 0 Å². The van der Waals surface area contributed by atoms with Gasteiger partial charge in [-0.3, -0.25) is 14.0 Å². The molecule has 1 amide bonds. The van der Waals surface area contributed by atoms with Gasteiger partial charge in [-0.25, -0.2) is 4.68 Å². The number of aromatic nitrogens is 3. The fourth-order valence-electron chi connectivity index (χ4n) is 3.11. The Balaban J connectivity index is 1.51. The van der Waals surface area contributed by atoms with Crippen molar-refractivity contribution in [3.05, 3.63) is 35.1 Å². The molecule has 24 heavy (non-hydrogen) atoms. The van der Waals surface area contributed by atoms with Crippen LogP contribution in [0.5, 0.6) is 0 Å². The van der Waals surface area contributed by atoms with Crippen molar-refractivity contribution in [2.75, 3.05) is 33.2 Å². The van der Waals surface area contributed by atoms with Gasteiger partial charge in [-0.2, -0.15) is 5.10 Å². The molecule has 0 radical (unpaired) electrons. The number of carbonyl (C=O) groups is 1. The maximum absolute atomic E-state index is 12.5. The Kier molecular flexibility index (Phi) is 3.61. The highest BCUT2D eigenvalue weighted by atomic mass is 16.3. The van der Waals surface area contributed by atoms with Gasteiger partial charge >= 0.3 is 0 Å². The molecule has 0 bridgehead atoms. The van der Waals surface area contributed by atoms with Crippen molar-refractivity contribution in [1.29, 1.82) is 0 Å². The summed E-state index contributed by atoms with van der Waals surface area (Å²) < 4.78 is 8.38. The molecule has 1 saturated heterocycles. The van der Waals surface area contributed by atoms with Crippen LogP contribution in [-0.2, 0) is 11.3 Å². The first kappa shape index (κ1) is 14.9. The SMILES string of the molecule is CN1CCN(C(=O)CCn2ncn3c(cc4occc43)c2=O)CC1. The molecule has 4 rings (SSSR count). The van der Waals surface area contributed by atoms with E-state index in [4.69, 9.17) is 4.42 Å². The van der Waals surface area contributed by atoms with Gasteiger partial charge in [0.05, 0.1) is 18.3 Å². The third-order valence-corrected chi connectivity index (χ3v) is 4.61. The molecular weight excluding hydrogens is 310 g/mol. The van der Waals surface area contributed by atoms with Crippen LogP contribution in [0.1, 0.15) is 6.42 Å². The van der Waals surface area contributed by atoms with Crippen LogP contribution in [0, 0.1) is 0 Å². The van der Waals surface area contributed by atoms with Crippen molar-refractivity contribution >= 4 is 22.5 Å². The molecule has 126 valence electrons. The topological polar surface area (TPSA) is 76.0 Å². The molecule has 8 heteroatoms. The lowest BCUT2D eigenvalue weighted by atomic mass is 10.3. The average Bonchev–Trinajstić information content (AvgIpc) is 3.16. The molecule has 1 fully saturated rings. The quantitative estimate of drug-likeness (QED) is 0.695. The average molecular weight is 329 g/mol. The lowest BCUT2D eigenvalue weighted by Crippen LogP contribution is -2.47. The minimum absolute atomic E-state index is 0.0702. The predicted molar refractivity (Wildman–Crippen MR) is 87.9 cm³/mol. The maximum atomic E-state index is 12.5. The molecular formula is C16H19N5O3. The molecule has 0 atom stereocenters. The van der Waals surface area contributed by atoms with Crippen LogP contribution in [0.3, 0.4) is 0 Å². The second-order valence-corrected chi connectivity index (χ2v) is 6.16. The molecule has 3 aromatic heterocycles. The molecule has 0 unspecified atom stereocenters. The lowest BCUT2D eigenvalue weighted by molar-refractivity contribution is -0.133. The summed E-state index contributed by atoms with van der Waals surface area (Å²) in [4.78, 5) is 28.9. The number of likely N-dealkylation sites (N-methyl/N-ethyl adjacent to an activating group) is 1. The number of hydrogen-bond donors (Lipinski definition) is 0. The molecule has 0 aromatic carbocycles. The molecule has 1 aliphatic heterocycles. The van der Waals surface area contributed by atoms with E-state index in [0.717, 1.165) is 31.7 Å². The van der Waals surface area contributed by atoms with Crippen LogP contribution in [0.15, 0.2) is 33.9 Å². The fraction of sp³-hybridized carbons (Fsp3) is 0.438. The van der Waals surface area contributed by atoms with E-state index in [9.17, 15) is 9.59 Å². The number of aryl methyl sites for hydroxylation is 1. The summed E-state index contributed by atoms with van der Waals surface area (Å²) in [5.74, 6) is 0.0702. The summed E-state index contributed by atoms with van der Waals surface area (Å²) in [5.41, 5.74) is 1.76. The molecule has 0 aliphatic carbocycles. The second kappa shape index (κ2) is 5.79. The molecule has 1 aliphatic rings. The van der Waals surface area contributed by atoms with Gasteiger partial charge in [-0.1, -0.05) is 0 Å². The number of hydrogen-bond acceptors (Lipinski definition) is 5. The van der Waals surface area contributed by atoms with E-state index in [2.05, 4.69) is 10.00 Å². The first-order chi connectivity index (χ1) is 11.6. The van der Waals surface area contributed by atoms with Gasteiger partial charge in [-0.15, -0.1) is 0 Å². The van der Waals surface area contributed by atoms with E-state index in [-0.39, 0.29) is 24.4 Å². The maximum Gasteiger partial charge on any atom is 0.291 e. The van der Waals surface area contributed by atoms with Gasteiger partial charge in [0.2, 0.25) is 5.91 Å². The van der Waals surface area contributed by atoms with Crippen molar-refractivity contribution < 1.29 is 9.21 Å². The largest absolute Gasteiger partial charge is 0.463 e. The van der Waals surface area contributed by atoms with Crippen molar-refractivity contribution in [1.82, 2.24) is 24.0 Å². The first-order valence-corrected chi connectivity index (χ1v) is 8.04. The molecule has 8 nitrogen and oxygen atoms in total. The van der Waals surface area contributed by atoms with Crippen LogP contribution in [0.25, 0.3) is 16.6 Å². The van der Waals surface area contributed by atoms with Crippen molar-refractivity contribution in [3.8, 4) is 0 Å². The van der Waals surface area contributed by atoms with E-state index >= 15 is 0 Å². The summed E-state index contributed by atoms with van der Waals surface area (Å²) >= 11 is 0. The summed E-state index contributed by atoms with van der Waals surface area (Å²) in [5, 5.41) is 4.18. The van der Waals surface area contributed by atoms with Gasteiger partial charge in [0.15, 0.2) is 5.58 Å². The molecule has 3 aromatic rings. The monoisotopic (exact) mass is 329 g/mol. The zero-order valence-corrected chi connectivity index (χ0v) is 13.5. The summed E-state index contributed by atoms with van der Waals surface area (Å²) in [6.07, 6.45) is 3.45. The third-order valence-electron chi connectivity index (χ3n) is 4.61. The Morgan fingerprint density at radius 2 is 2.04 bits per heavy atom. The highest BCUT2D eigenvalue weighted by Crippen LogP contribution is 2.18. The van der Waals surface area contributed by atoms with Gasteiger partial charge in [0.25, 0.3) is 5.56 Å². The van der Waals surface area contributed by atoms with E-state index in [1.54, 1.807) is 29.1 Å². The van der Waals surface area contributed by atoms with Gasteiger partial charge < -0.3 is 14.2 Å². The van der Waals surface area contributed by atoms with Crippen LogP contribution < -0.4 is 5.56 Å². The minimum atomic E-state index is -0.213. The minimum Gasteiger partial charge on any atom is -0.463 e. The molecule has 0 spiro atoms. The van der Waals surface area contributed by atoms with Gasteiger partial charge in [0.1, 0.15) is 11.8 Å².